The number of aryl methyl sites for hydroxylation is 1. The van der Waals surface area contributed by atoms with Gasteiger partial charge in [0.2, 0.25) is 0 Å². The molecule has 4 heteroatoms. The largest absolute Gasteiger partial charge is 0.467 e. The van der Waals surface area contributed by atoms with Crippen LogP contribution >= 0.6 is 0 Å². The standard InChI is InChI=1S/C19H20N2O2/c1-3-13-8-10-14(11-9-13)21-18(22)20-16-12-19(21,2)23-17-7-5-4-6-15(16)17/h4-11,16H,3,12H2,1-2H3,(H,20,22)/t16-,19+/m0/s1. The highest BCUT2D eigenvalue weighted by atomic mass is 16.5. The minimum Gasteiger partial charge on any atom is -0.467 e. The number of ether oxygens (including phenoxy) is 1. The molecule has 2 aromatic carbocycles. The molecule has 2 bridgehead atoms. The monoisotopic (exact) mass is 308 g/mol. The van der Waals surface area contributed by atoms with E-state index in [1.165, 1.54) is 5.56 Å². The summed E-state index contributed by atoms with van der Waals surface area (Å²) in [5.41, 5.74) is 2.50. The Morgan fingerprint density at radius 1 is 1.22 bits per heavy atom. The number of anilines is 1. The third-order valence-corrected chi connectivity index (χ3v) is 4.78. The first kappa shape index (κ1) is 14.1. The van der Waals surface area contributed by atoms with Crippen molar-refractivity contribution >= 4 is 11.7 Å². The molecule has 4 nitrogen and oxygen atoms in total. The fraction of sp³-hybridized carbons (Fsp3) is 0.316. The molecule has 2 amide bonds. The quantitative estimate of drug-likeness (QED) is 0.910. The van der Waals surface area contributed by atoms with E-state index in [-0.39, 0.29) is 12.1 Å². The van der Waals surface area contributed by atoms with E-state index in [2.05, 4.69) is 24.4 Å². The van der Waals surface area contributed by atoms with Gasteiger partial charge in [-0.2, -0.15) is 0 Å². The van der Waals surface area contributed by atoms with Crippen LogP contribution in [0.3, 0.4) is 0 Å². The van der Waals surface area contributed by atoms with Crippen LogP contribution < -0.4 is 15.0 Å². The van der Waals surface area contributed by atoms with Crippen molar-refractivity contribution in [2.75, 3.05) is 4.90 Å². The Kier molecular flexibility index (Phi) is 3.08. The highest BCUT2D eigenvalue weighted by molar-refractivity contribution is 5.94. The van der Waals surface area contributed by atoms with Crippen molar-refractivity contribution in [3.05, 3.63) is 59.7 Å². The Balaban J connectivity index is 1.76. The topological polar surface area (TPSA) is 41.6 Å². The number of urea groups is 1. The number of hydrogen-bond donors (Lipinski definition) is 1. The first-order valence-electron chi connectivity index (χ1n) is 8.08. The number of amides is 2. The number of carbonyl (C=O) groups is 1. The van der Waals surface area contributed by atoms with Crippen LogP contribution in [0.4, 0.5) is 10.5 Å². The Bertz CT molecular complexity index is 756. The molecule has 2 aliphatic rings. The molecular formula is C19H20N2O2. The molecule has 0 aliphatic carbocycles. The normalized spacial score (nSPS) is 25.4. The van der Waals surface area contributed by atoms with Gasteiger partial charge in [-0.05, 0) is 37.1 Å². The summed E-state index contributed by atoms with van der Waals surface area (Å²) in [4.78, 5) is 14.4. The predicted molar refractivity (Wildman–Crippen MR) is 89.7 cm³/mol. The molecule has 0 aromatic heterocycles. The Morgan fingerprint density at radius 3 is 2.70 bits per heavy atom. The van der Waals surface area contributed by atoms with Crippen molar-refractivity contribution in [2.24, 2.45) is 0 Å². The van der Waals surface area contributed by atoms with Crippen molar-refractivity contribution < 1.29 is 9.53 Å². The van der Waals surface area contributed by atoms with E-state index >= 15 is 0 Å². The maximum Gasteiger partial charge on any atom is 0.325 e. The molecule has 4 rings (SSSR count). The summed E-state index contributed by atoms with van der Waals surface area (Å²) in [5.74, 6) is 0.849. The van der Waals surface area contributed by atoms with E-state index in [1.807, 2.05) is 43.3 Å². The van der Waals surface area contributed by atoms with E-state index in [1.54, 1.807) is 4.90 Å². The summed E-state index contributed by atoms with van der Waals surface area (Å²) in [5, 5.41) is 3.11. The minimum atomic E-state index is -0.672. The molecule has 0 saturated carbocycles. The van der Waals surface area contributed by atoms with Gasteiger partial charge in [-0.15, -0.1) is 0 Å². The SMILES string of the molecule is CCc1ccc(N2C(=O)N[C@H]3C[C@@]2(C)Oc2ccccc23)cc1. The summed E-state index contributed by atoms with van der Waals surface area (Å²) in [6.07, 6.45) is 1.71. The van der Waals surface area contributed by atoms with Crippen molar-refractivity contribution in [3.8, 4) is 5.75 Å². The van der Waals surface area contributed by atoms with Gasteiger partial charge in [0.1, 0.15) is 5.75 Å². The molecule has 118 valence electrons. The van der Waals surface area contributed by atoms with Crippen LogP contribution in [0.5, 0.6) is 5.75 Å². The van der Waals surface area contributed by atoms with E-state index < -0.39 is 5.72 Å². The molecule has 0 spiro atoms. The fourth-order valence-electron chi connectivity index (χ4n) is 3.59. The number of fused-ring (bicyclic) bond motifs is 4. The lowest BCUT2D eigenvalue weighted by Gasteiger charge is -2.50. The number of carbonyl (C=O) groups excluding carboxylic acids is 1. The summed E-state index contributed by atoms with van der Waals surface area (Å²) >= 11 is 0. The van der Waals surface area contributed by atoms with Crippen molar-refractivity contribution in [2.45, 2.75) is 38.5 Å². The van der Waals surface area contributed by atoms with Gasteiger partial charge >= 0.3 is 6.03 Å². The van der Waals surface area contributed by atoms with Crippen molar-refractivity contribution in [1.29, 1.82) is 0 Å². The highest BCUT2D eigenvalue weighted by Gasteiger charge is 2.49. The van der Waals surface area contributed by atoms with Crippen LogP contribution in [0.2, 0.25) is 0 Å². The van der Waals surface area contributed by atoms with Gasteiger partial charge in [0.05, 0.1) is 6.04 Å². The zero-order valence-corrected chi connectivity index (χ0v) is 13.4. The average molecular weight is 308 g/mol. The van der Waals surface area contributed by atoms with E-state index in [9.17, 15) is 4.79 Å². The average Bonchev–Trinajstić information content (AvgIpc) is 2.54. The maximum atomic E-state index is 12.7. The summed E-state index contributed by atoms with van der Waals surface area (Å²) in [7, 11) is 0. The molecule has 2 heterocycles. The van der Waals surface area contributed by atoms with Crippen molar-refractivity contribution in [3.63, 3.8) is 0 Å². The predicted octanol–water partition coefficient (Wildman–Crippen LogP) is 4.02. The van der Waals surface area contributed by atoms with E-state index in [0.717, 1.165) is 29.8 Å². The first-order chi connectivity index (χ1) is 11.1. The number of rotatable bonds is 2. The number of hydrogen-bond acceptors (Lipinski definition) is 2. The third kappa shape index (κ3) is 2.17. The summed E-state index contributed by atoms with van der Waals surface area (Å²) in [6.45, 7) is 4.11. The van der Waals surface area contributed by atoms with Gasteiger partial charge in [0.25, 0.3) is 0 Å². The van der Waals surface area contributed by atoms with E-state index in [4.69, 9.17) is 4.74 Å². The molecule has 1 saturated heterocycles. The molecule has 1 fully saturated rings. The maximum absolute atomic E-state index is 12.7. The molecule has 1 N–H and O–H groups in total. The molecule has 0 radical (unpaired) electrons. The molecule has 2 aliphatic heterocycles. The molecule has 2 aromatic rings. The van der Waals surface area contributed by atoms with Crippen LogP contribution in [0.1, 0.15) is 37.4 Å². The lowest BCUT2D eigenvalue weighted by atomic mass is 9.90. The smallest absolute Gasteiger partial charge is 0.325 e. The zero-order chi connectivity index (χ0) is 16.0. The number of para-hydroxylation sites is 1. The third-order valence-electron chi connectivity index (χ3n) is 4.78. The van der Waals surface area contributed by atoms with Gasteiger partial charge in [-0.25, -0.2) is 4.79 Å². The second-order valence-corrected chi connectivity index (χ2v) is 6.38. The van der Waals surface area contributed by atoms with E-state index in [0.29, 0.717) is 0 Å². The van der Waals surface area contributed by atoms with Gasteiger partial charge in [-0.1, -0.05) is 37.3 Å². The zero-order valence-electron chi connectivity index (χ0n) is 13.4. The highest BCUT2D eigenvalue weighted by Crippen LogP contribution is 2.45. The van der Waals surface area contributed by atoms with Crippen molar-refractivity contribution in [1.82, 2.24) is 5.32 Å². The number of benzene rings is 2. The Hall–Kier alpha value is -2.49. The molecule has 23 heavy (non-hydrogen) atoms. The first-order valence-corrected chi connectivity index (χ1v) is 8.08. The second-order valence-electron chi connectivity index (χ2n) is 6.38. The molecule has 0 unspecified atom stereocenters. The van der Waals surface area contributed by atoms with Gasteiger partial charge in [0, 0.05) is 17.7 Å². The number of nitrogens with zero attached hydrogens (tertiary/aromatic N) is 1. The summed E-state index contributed by atoms with van der Waals surface area (Å²) < 4.78 is 6.25. The van der Waals surface area contributed by atoms with Gasteiger partial charge in [-0.3, -0.25) is 4.90 Å². The Labute approximate surface area is 136 Å². The lowest BCUT2D eigenvalue weighted by molar-refractivity contribution is 0.0379. The fourth-order valence-corrected chi connectivity index (χ4v) is 3.59. The van der Waals surface area contributed by atoms with Gasteiger partial charge in [0.15, 0.2) is 5.72 Å². The molecular weight excluding hydrogens is 288 g/mol. The summed E-state index contributed by atoms with van der Waals surface area (Å²) in [6, 6.07) is 15.9. The van der Waals surface area contributed by atoms with Gasteiger partial charge < -0.3 is 10.1 Å². The number of nitrogens with one attached hydrogen (secondary N) is 1. The van der Waals surface area contributed by atoms with Crippen LogP contribution in [0, 0.1) is 0 Å². The minimum absolute atomic E-state index is 0.00335. The Morgan fingerprint density at radius 2 is 1.96 bits per heavy atom. The van der Waals surface area contributed by atoms with Crippen LogP contribution in [-0.4, -0.2) is 11.8 Å². The molecule has 2 atom stereocenters. The lowest BCUT2D eigenvalue weighted by Crippen LogP contribution is -2.65. The van der Waals surface area contributed by atoms with Crippen LogP contribution in [0.15, 0.2) is 48.5 Å². The second kappa shape index (κ2) is 5.01. The van der Waals surface area contributed by atoms with Crippen LogP contribution in [-0.2, 0) is 6.42 Å². The van der Waals surface area contributed by atoms with Crippen LogP contribution in [0.25, 0.3) is 0 Å².